The topological polar surface area (TPSA) is 87.8 Å². The van der Waals surface area contributed by atoms with Crippen molar-refractivity contribution in [2.24, 2.45) is 5.73 Å². The van der Waals surface area contributed by atoms with Gasteiger partial charge in [-0.25, -0.2) is 4.98 Å². The van der Waals surface area contributed by atoms with E-state index < -0.39 is 12.1 Å². The van der Waals surface area contributed by atoms with Crippen molar-refractivity contribution in [3.8, 4) is 0 Å². The number of nitrogens with zero attached hydrogens (tertiary/aromatic N) is 2. The molecular weight excluding hydrogens is 168 g/mol. The van der Waals surface area contributed by atoms with Crippen molar-refractivity contribution in [2.75, 3.05) is 0 Å². The van der Waals surface area contributed by atoms with Crippen molar-refractivity contribution in [3.05, 3.63) is 11.6 Å². The lowest BCUT2D eigenvalue weighted by molar-refractivity contribution is 0.160. The number of aliphatic hydroxyl groups is 1. The van der Waals surface area contributed by atoms with Crippen molar-refractivity contribution in [2.45, 2.75) is 38.8 Å². The van der Waals surface area contributed by atoms with Crippen LogP contribution in [0, 0.1) is 0 Å². The number of hydrogen-bond acceptors (Lipinski definition) is 4. The number of aromatic nitrogens is 3. The smallest absolute Gasteiger partial charge is 0.153 e. The van der Waals surface area contributed by atoms with Crippen LogP contribution in [-0.4, -0.2) is 26.4 Å². The molecule has 2 unspecified atom stereocenters. The molecule has 0 amide bonds. The molecule has 0 saturated carbocycles. The quantitative estimate of drug-likeness (QED) is 0.630. The highest BCUT2D eigenvalue weighted by molar-refractivity contribution is 5.00. The van der Waals surface area contributed by atoms with Crippen LogP contribution in [0.3, 0.4) is 0 Å². The van der Waals surface area contributed by atoms with E-state index in [0.717, 1.165) is 5.82 Å². The van der Waals surface area contributed by atoms with Gasteiger partial charge in [0.15, 0.2) is 5.82 Å². The van der Waals surface area contributed by atoms with E-state index >= 15 is 0 Å². The van der Waals surface area contributed by atoms with Gasteiger partial charge in [-0.3, -0.25) is 5.10 Å². The molecule has 0 aliphatic rings. The van der Waals surface area contributed by atoms with Gasteiger partial charge >= 0.3 is 0 Å². The number of rotatable bonds is 3. The molecule has 0 aromatic carbocycles. The van der Waals surface area contributed by atoms with Crippen molar-refractivity contribution >= 4 is 0 Å². The highest BCUT2D eigenvalue weighted by Crippen LogP contribution is 2.13. The second-order valence-electron chi connectivity index (χ2n) is 3.50. The third-order valence-electron chi connectivity index (χ3n) is 1.87. The zero-order chi connectivity index (χ0) is 10.0. The largest absolute Gasteiger partial charge is 0.391 e. The molecule has 4 N–H and O–H groups in total. The van der Waals surface area contributed by atoms with Gasteiger partial charge in [-0.05, 0) is 6.92 Å². The SMILES string of the molecule is CC(C)c1n[nH]c(C(N)C(C)O)n1. The number of hydrogen-bond donors (Lipinski definition) is 3. The van der Waals surface area contributed by atoms with Gasteiger partial charge in [0.2, 0.25) is 0 Å². The predicted octanol–water partition coefficient (Wildman–Crippen LogP) is 0.309. The van der Waals surface area contributed by atoms with Crippen LogP contribution in [0.4, 0.5) is 0 Å². The zero-order valence-corrected chi connectivity index (χ0v) is 8.15. The van der Waals surface area contributed by atoms with E-state index in [1.165, 1.54) is 0 Å². The first-order valence-electron chi connectivity index (χ1n) is 4.38. The molecule has 0 fully saturated rings. The normalized spacial score (nSPS) is 16.2. The molecule has 0 radical (unpaired) electrons. The van der Waals surface area contributed by atoms with Crippen LogP contribution in [-0.2, 0) is 0 Å². The maximum atomic E-state index is 9.21. The van der Waals surface area contributed by atoms with E-state index in [1.807, 2.05) is 13.8 Å². The van der Waals surface area contributed by atoms with Gasteiger partial charge in [0.1, 0.15) is 5.82 Å². The Morgan fingerprint density at radius 1 is 1.38 bits per heavy atom. The summed E-state index contributed by atoms with van der Waals surface area (Å²) in [6, 6.07) is -0.486. The van der Waals surface area contributed by atoms with Gasteiger partial charge in [-0.15, -0.1) is 0 Å². The van der Waals surface area contributed by atoms with Crippen LogP contribution in [0.25, 0.3) is 0 Å². The lowest BCUT2D eigenvalue weighted by Crippen LogP contribution is -2.24. The Balaban J connectivity index is 2.79. The molecule has 2 atom stereocenters. The molecule has 0 aliphatic heterocycles. The Morgan fingerprint density at radius 3 is 2.38 bits per heavy atom. The lowest BCUT2D eigenvalue weighted by atomic mass is 10.2. The number of aromatic amines is 1. The summed E-state index contributed by atoms with van der Waals surface area (Å²) < 4.78 is 0. The molecule has 1 rings (SSSR count). The van der Waals surface area contributed by atoms with Gasteiger partial charge in [-0.1, -0.05) is 13.8 Å². The highest BCUT2D eigenvalue weighted by atomic mass is 16.3. The Labute approximate surface area is 77.4 Å². The summed E-state index contributed by atoms with van der Waals surface area (Å²) >= 11 is 0. The molecule has 1 aromatic rings. The summed E-state index contributed by atoms with van der Waals surface area (Å²) in [6.45, 7) is 5.63. The Bertz CT molecular complexity index is 269. The molecule has 13 heavy (non-hydrogen) atoms. The van der Waals surface area contributed by atoms with Crippen molar-refractivity contribution in [3.63, 3.8) is 0 Å². The average molecular weight is 184 g/mol. The third kappa shape index (κ3) is 2.26. The van der Waals surface area contributed by atoms with E-state index in [0.29, 0.717) is 5.82 Å². The summed E-state index contributed by atoms with van der Waals surface area (Å²) in [6.07, 6.45) is -0.618. The third-order valence-corrected chi connectivity index (χ3v) is 1.87. The Hall–Kier alpha value is -0.940. The summed E-state index contributed by atoms with van der Waals surface area (Å²) in [4.78, 5) is 4.18. The lowest BCUT2D eigenvalue weighted by Gasteiger charge is -2.10. The van der Waals surface area contributed by atoms with Gasteiger partial charge < -0.3 is 10.8 Å². The average Bonchev–Trinajstić information content (AvgIpc) is 2.50. The fourth-order valence-electron chi connectivity index (χ4n) is 0.924. The Kier molecular flexibility index (Phi) is 3.00. The van der Waals surface area contributed by atoms with Crippen LogP contribution < -0.4 is 5.73 Å². The summed E-state index contributed by atoms with van der Waals surface area (Å²) in [5, 5.41) is 15.9. The molecule has 74 valence electrons. The van der Waals surface area contributed by atoms with Gasteiger partial charge in [0.05, 0.1) is 12.1 Å². The Morgan fingerprint density at radius 2 is 2.00 bits per heavy atom. The van der Waals surface area contributed by atoms with Crippen LogP contribution in [0.5, 0.6) is 0 Å². The predicted molar refractivity (Wildman–Crippen MR) is 49.1 cm³/mol. The van der Waals surface area contributed by atoms with Crippen LogP contribution in [0.1, 0.15) is 44.4 Å². The van der Waals surface area contributed by atoms with Crippen LogP contribution >= 0.6 is 0 Å². The van der Waals surface area contributed by atoms with Gasteiger partial charge in [0, 0.05) is 5.92 Å². The van der Waals surface area contributed by atoms with E-state index in [4.69, 9.17) is 5.73 Å². The maximum absolute atomic E-state index is 9.21. The number of nitrogens with two attached hydrogens (primary N) is 1. The van der Waals surface area contributed by atoms with E-state index in [-0.39, 0.29) is 5.92 Å². The summed E-state index contributed by atoms with van der Waals surface area (Å²) in [5.74, 6) is 1.54. The second-order valence-corrected chi connectivity index (χ2v) is 3.50. The van der Waals surface area contributed by atoms with Crippen molar-refractivity contribution < 1.29 is 5.11 Å². The first kappa shape index (κ1) is 10.1. The molecule has 5 nitrogen and oxygen atoms in total. The number of H-pyrrole nitrogens is 1. The molecular formula is C8H16N4O. The van der Waals surface area contributed by atoms with E-state index in [1.54, 1.807) is 6.92 Å². The number of aliphatic hydroxyl groups excluding tert-OH is 1. The molecule has 0 spiro atoms. The van der Waals surface area contributed by atoms with E-state index in [2.05, 4.69) is 15.2 Å². The molecule has 0 saturated heterocycles. The first-order valence-corrected chi connectivity index (χ1v) is 4.38. The van der Waals surface area contributed by atoms with Gasteiger partial charge in [0.25, 0.3) is 0 Å². The molecule has 0 aliphatic carbocycles. The van der Waals surface area contributed by atoms with Crippen molar-refractivity contribution in [1.29, 1.82) is 0 Å². The monoisotopic (exact) mass is 184 g/mol. The molecule has 1 aromatic heterocycles. The minimum absolute atomic E-state index is 0.270. The minimum atomic E-state index is -0.618. The van der Waals surface area contributed by atoms with Crippen LogP contribution in [0.2, 0.25) is 0 Å². The second kappa shape index (κ2) is 3.85. The fourth-order valence-corrected chi connectivity index (χ4v) is 0.924. The zero-order valence-electron chi connectivity index (χ0n) is 8.15. The van der Waals surface area contributed by atoms with Gasteiger partial charge in [-0.2, -0.15) is 5.10 Å². The summed E-state index contributed by atoms with van der Waals surface area (Å²) in [7, 11) is 0. The molecule has 5 heteroatoms. The van der Waals surface area contributed by atoms with Crippen molar-refractivity contribution in [1.82, 2.24) is 15.2 Å². The fraction of sp³-hybridized carbons (Fsp3) is 0.750. The maximum Gasteiger partial charge on any atom is 0.153 e. The number of nitrogens with one attached hydrogen (secondary N) is 1. The summed E-state index contributed by atoms with van der Waals surface area (Å²) in [5.41, 5.74) is 5.67. The first-order chi connectivity index (χ1) is 6.02. The standard InChI is InChI=1S/C8H16N4O/c1-4(2)7-10-8(12-11-7)6(9)5(3)13/h4-6,13H,9H2,1-3H3,(H,10,11,12). The highest BCUT2D eigenvalue weighted by Gasteiger charge is 2.17. The van der Waals surface area contributed by atoms with Crippen LogP contribution in [0.15, 0.2) is 0 Å². The molecule has 0 bridgehead atoms. The minimum Gasteiger partial charge on any atom is -0.391 e. The van der Waals surface area contributed by atoms with E-state index in [9.17, 15) is 5.11 Å². The molecule has 1 heterocycles.